The topological polar surface area (TPSA) is 35.2 Å². The number of ether oxygens (including phenoxy) is 1. The number of hydrogen-bond donors (Lipinski definition) is 1. The van der Waals surface area contributed by atoms with Crippen molar-refractivity contribution in [2.45, 2.75) is 19.3 Å². The first kappa shape index (κ1) is 13.6. The quantitative estimate of drug-likeness (QED) is 0.857. The van der Waals surface area contributed by atoms with E-state index in [0.29, 0.717) is 19.1 Å². The van der Waals surface area contributed by atoms with E-state index in [-0.39, 0.29) is 0 Å². The van der Waals surface area contributed by atoms with Gasteiger partial charge < -0.3 is 10.5 Å². The Morgan fingerprint density at radius 2 is 1.68 bits per heavy atom. The minimum atomic E-state index is 0.365. The van der Waals surface area contributed by atoms with Gasteiger partial charge in [-0.3, -0.25) is 0 Å². The second-order valence-corrected chi connectivity index (χ2v) is 4.79. The lowest BCUT2D eigenvalue weighted by Crippen LogP contribution is -2.15. The van der Waals surface area contributed by atoms with Crippen LogP contribution in [0.3, 0.4) is 0 Å². The van der Waals surface area contributed by atoms with Gasteiger partial charge in [0.2, 0.25) is 0 Å². The van der Waals surface area contributed by atoms with Crippen molar-refractivity contribution in [1.29, 1.82) is 0 Å². The number of aryl methyl sites for hydroxylation is 1. The highest BCUT2D eigenvalue weighted by molar-refractivity contribution is 5.25. The highest BCUT2D eigenvalue weighted by Crippen LogP contribution is 2.19. The molecule has 0 radical (unpaired) electrons. The van der Waals surface area contributed by atoms with Crippen molar-refractivity contribution in [3.05, 3.63) is 65.7 Å². The van der Waals surface area contributed by atoms with Crippen molar-refractivity contribution >= 4 is 0 Å². The molecule has 2 rings (SSSR count). The molecule has 0 aliphatic carbocycles. The summed E-state index contributed by atoms with van der Waals surface area (Å²) in [5, 5.41) is 0. The van der Waals surface area contributed by atoms with Gasteiger partial charge in [-0.2, -0.15) is 0 Å². The zero-order valence-corrected chi connectivity index (χ0v) is 11.4. The van der Waals surface area contributed by atoms with E-state index < -0.39 is 0 Å². The van der Waals surface area contributed by atoms with Crippen LogP contribution in [0.5, 0.6) is 5.75 Å². The fraction of sp³-hybridized carbons (Fsp3) is 0.294. The van der Waals surface area contributed by atoms with Crippen LogP contribution in [0.25, 0.3) is 0 Å². The maximum atomic E-state index is 5.87. The summed E-state index contributed by atoms with van der Waals surface area (Å²) in [5.41, 5.74) is 8.44. The summed E-state index contributed by atoms with van der Waals surface area (Å²) >= 11 is 0. The molecule has 19 heavy (non-hydrogen) atoms. The Morgan fingerprint density at radius 1 is 1.00 bits per heavy atom. The van der Waals surface area contributed by atoms with Crippen molar-refractivity contribution in [3.63, 3.8) is 0 Å². The Morgan fingerprint density at radius 3 is 2.32 bits per heavy atom. The van der Waals surface area contributed by atoms with Gasteiger partial charge in [0, 0.05) is 0 Å². The third kappa shape index (κ3) is 4.11. The van der Waals surface area contributed by atoms with Crippen molar-refractivity contribution in [1.82, 2.24) is 0 Å². The average molecular weight is 255 g/mol. The summed E-state index contributed by atoms with van der Waals surface area (Å²) in [7, 11) is 0. The summed E-state index contributed by atoms with van der Waals surface area (Å²) in [6, 6.07) is 18.5. The Bertz CT molecular complexity index is 478. The monoisotopic (exact) mass is 255 g/mol. The number of para-hydroxylation sites is 1. The van der Waals surface area contributed by atoms with E-state index in [9.17, 15) is 0 Å². The second-order valence-electron chi connectivity index (χ2n) is 4.79. The lowest BCUT2D eigenvalue weighted by atomic mass is 9.95. The molecule has 0 fully saturated rings. The van der Waals surface area contributed by atoms with Crippen molar-refractivity contribution in [2.75, 3.05) is 13.2 Å². The molecule has 0 saturated heterocycles. The van der Waals surface area contributed by atoms with Crippen LogP contribution >= 0.6 is 0 Å². The summed E-state index contributed by atoms with van der Waals surface area (Å²) < 4.78 is 5.73. The van der Waals surface area contributed by atoms with E-state index in [4.69, 9.17) is 10.5 Å². The van der Waals surface area contributed by atoms with E-state index in [1.54, 1.807) is 0 Å². The molecular formula is C17H21NO. The summed E-state index contributed by atoms with van der Waals surface area (Å²) in [6.07, 6.45) is 0.939. The molecule has 2 aromatic carbocycles. The average Bonchev–Trinajstić information content (AvgIpc) is 2.46. The third-order valence-electron chi connectivity index (χ3n) is 3.31. The van der Waals surface area contributed by atoms with Crippen LogP contribution < -0.4 is 10.5 Å². The predicted octanol–water partition coefficient (Wildman–Crippen LogP) is 3.51. The standard InChI is InChI=1S/C17H21NO/c1-14-7-9-15(10-8-14)16(13-18)11-12-19-17-5-3-2-4-6-17/h2-10,16H,11-13,18H2,1H3. The van der Waals surface area contributed by atoms with Gasteiger partial charge in [-0.25, -0.2) is 0 Å². The first-order chi connectivity index (χ1) is 9.29. The fourth-order valence-electron chi connectivity index (χ4n) is 2.09. The highest BCUT2D eigenvalue weighted by atomic mass is 16.5. The number of hydrogen-bond acceptors (Lipinski definition) is 2. The largest absolute Gasteiger partial charge is 0.494 e. The van der Waals surface area contributed by atoms with E-state index in [1.165, 1.54) is 11.1 Å². The van der Waals surface area contributed by atoms with Gasteiger partial charge in [0.25, 0.3) is 0 Å². The molecule has 2 heteroatoms. The van der Waals surface area contributed by atoms with Crippen LogP contribution in [-0.2, 0) is 0 Å². The Hall–Kier alpha value is -1.80. The molecule has 0 aromatic heterocycles. The fourth-order valence-corrected chi connectivity index (χ4v) is 2.09. The molecule has 2 aromatic rings. The van der Waals surface area contributed by atoms with Gasteiger partial charge in [0.1, 0.15) is 5.75 Å². The molecule has 1 atom stereocenters. The minimum absolute atomic E-state index is 0.365. The van der Waals surface area contributed by atoms with E-state index >= 15 is 0 Å². The van der Waals surface area contributed by atoms with Crippen LogP contribution in [0.4, 0.5) is 0 Å². The molecule has 0 saturated carbocycles. The first-order valence-electron chi connectivity index (χ1n) is 6.74. The van der Waals surface area contributed by atoms with Crippen molar-refractivity contribution < 1.29 is 4.74 Å². The maximum Gasteiger partial charge on any atom is 0.119 e. The van der Waals surface area contributed by atoms with E-state index in [2.05, 4.69) is 31.2 Å². The minimum Gasteiger partial charge on any atom is -0.494 e. The lowest BCUT2D eigenvalue weighted by Gasteiger charge is -2.16. The molecule has 0 aliphatic heterocycles. The SMILES string of the molecule is Cc1ccc(C(CN)CCOc2ccccc2)cc1. The lowest BCUT2D eigenvalue weighted by molar-refractivity contribution is 0.298. The van der Waals surface area contributed by atoms with E-state index in [0.717, 1.165) is 12.2 Å². The predicted molar refractivity (Wildman–Crippen MR) is 79.5 cm³/mol. The summed E-state index contributed by atoms with van der Waals surface area (Å²) in [6.45, 7) is 3.45. The molecule has 2 nitrogen and oxygen atoms in total. The summed E-state index contributed by atoms with van der Waals surface area (Å²) in [4.78, 5) is 0. The second kappa shape index (κ2) is 6.95. The molecule has 0 amide bonds. The van der Waals surface area contributed by atoms with Crippen LogP contribution in [0.2, 0.25) is 0 Å². The molecular weight excluding hydrogens is 234 g/mol. The summed E-state index contributed by atoms with van der Waals surface area (Å²) in [5.74, 6) is 1.28. The number of nitrogens with two attached hydrogens (primary N) is 1. The molecule has 0 heterocycles. The molecule has 0 spiro atoms. The van der Waals surface area contributed by atoms with Gasteiger partial charge in [-0.1, -0.05) is 48.0 Å². The molecule has 100 valence electrons. The Balaban J connectivity index is 1.87. The zero-order valence-electron chi connectivity index (χ0n) is 11.4. The maximum absolute atomic E-state index is 5.87. The number of rotatable bonds is 6. The van der Waals surface area contributed by atoms with Crippen LogP contribution in [-0.4, -0.2) is 13.2 Å². The molecule has 1 unspecified atom stereocenters. The van der Waals surface area contributed by atoms with Gasteiger partial charge >= 0.3 is 0 Å². The van der Waals surface area contributed by atoms with Crippen molar-refractivity contribution in [2.24, 2.45) is 5.73 Å². The third-order valence-corrected chi connectivity index (χ3v) is 3.31. The van der Waals surface area contributed by atoms with Crippen molar-refractivity contribution in [3.8, 4) is 5.75 Å². The molecule has 2 N–H and O–H groups in total. The Kier molecular flexibility index (Phi) is 4.99. The van der Waals surface area contributed by atoms with E-state index in [1.807, 2.05) is 30.3 Å². The zero-order chi connectivity index (χ0) is 13.5. The number of benzene rings is 2. The van der Waals surface area contributed by atoms with Gasteiger partial charge in [0.05, 0.1) is 6.61 Å². The normalized spacial score (nSPS) is 12.1. The van der Waals surface area contributed by atoms with Gasteiger partial charge in [-0.15, -0.1) is 0 Å². The smallest absolute Gasteiger partial charge is 0.119 e. The van der Waals surface area contributed by atoms with Gasteiger partial charge in [-0.05, 0) is 43.5 Å². The molecule has 0 bridgehead atoms. The Labute approximate surface area is 115 Å². The van der Waals surface area contributed by atoms with Crippen LogP contribution in [0.1, 0.15) is 23.5 Å². The highest BCUT2D eigenvalue weighted by Gasteiger charge is 2.09. The van der Waals surface area contributed by atoms with Crippen LogP contribution in [0, 0.1) is 6.92 Å². The first-order valence-corrected chi connectivity index (χ1v) is 6.74. The van der Waals surface area contributed by atoms with Gasteiger partial charge in [0.15, 0.2) is 0 Å². The van der Waals surface area contributed by atoms with Crippen LogP contribution in [0.15, 0.2) is 54.6 Å². The molecule has 0 aliphatic rings.